The summed E-state index contributed by atoms with van der Waals surface area (Å²) in [5, 5.41) is 3.19. The summed E-state index contributed by atoms with van der Waals surface area (Å²) in [5.74, 6) is 0. The van der Waals surface area contributed by atoms with Crippen molar-refractivity contribution in [3.63, 3.8) is 0 Å². The van der Waals surface area contributed by atoms with Gasteiger partial charge >= 0.3 is 0 Å². The van der Waals surface area contributed by atoms with Gasteiger partial charge < -0.3 is 5.73 Å². The van der Waals surface area contributed by atoms with Crippen molar-refractivity contribution in [1.29, 1.82) is 0 Å². The van der Waals surface area contributed by atoms with Crippen LogP contribution in [-0.4, -0.2) is 16.5 Å². The molecule has 90 valence electrons. The molecular weight excluding hydrogens is 230 g/mol. The molecular formula is C13H17N3S. The Morgan fingerprint density at radius 3 is 2.76 bits per heavy atom. The molecule has 0 spiro atoms. The van der Waals surface area contributed by atoms with Crippen molar-refractivity contribution in [3.8, 4) is 11.4 Å². The van der Waals surface area contributed by atoms with Gasteiger partial charge in [-0.25, -0.2) is 4.98 Å². The number of pyridine rings is 1. The highest BCUT2D eigenvalue weighted by molar-refractivity contribution is 7.10. The Hall–Kier alpha value is -1.26. The van der Waals surface area contributed by atoms with Gasteiger partial charge in [0.25, 0.3) is 0 Å². The normalized spacial score (nSPS) is 11.7. The molecule has 0 aromatic carbocycles. The Kier molecular flexibility index (Phi) is 3.54. The SMILES string of the molecule is CC(C)(CCN)c1nc(-c2ccccn2)cs1. The fourth-order valence-corrected chi connectivity index (χ4v) is 2.65. The molecule has 0 fully saturated rings. The molecule has 0 bridgehead atoms. The standard InChI is InChI=1S/C13H17N3S/c1-13(2,6-7-14)12-16-11(9-17-12)10-5-3-4-8-15-10/h3-5,8-9H,6-7,14H2,1-2H3. The van der Waals surface area contributed by atoms with Crippen molar-refractivity contribution >= 4 is 11.3 Å². The summed E-state index contributed by atoms with van der Waals surface area (Å²) in [5.41, 5.74) is 7.57. The van der Waals surface area contributed by atoms with Gasteiger partial charge in [0, 0.05) is 17.0 Å². The Morgan fingerprint density at radius 2 is 2.12 bits per heavy atom. The minimum atomic E-state index is 0.0481. The third-order valence-corrected chi connectivity index (χ3v) is 3.99. The molecule has 17 heavy (non-hydrogen) atoms. The lowest BCUT2D eigenvalue weighted by molar-refractivity contribution is 0.485. The highest BCUT2D eigenvalue weighted by atomic mass is 32.1. The van der Waals surface area contributed by atoms with E-state index in [1.54, 1.807) is 17.5 Å². The zero-order valence-electron chi connectivity index (χ0n) is 10.2. The molecule has 0 saturated carbocycles. The van der Waals surface area contributed by atoms with Gasteiger partial charge in [0.05, 0.1) is 16.4 Å². The van der Waals surface area contributed by atoms with Gasteiger partial charge in [0.15, 0.2) is 0 Å². The van der Waals surface area contributed by atoms with Gasteiger partial charge in [-0.1, -0.05) is 19.9 Å². The molecule has 0 saturated heterocycles. The quantitative estimate of drug-likeness (QED) is 0.904. The Labute approximate surface area is 106 Å². The largest absolute Gasteiger partial charge is 0.330 e. The van der Waals surface area contributed by atoms with E-state index < -0.39 is 0 Å². The maximum atomic E-state index is 5.63. The van der Waals surface area contributed by atoms with Crippen LogP contribution in [0.1, 0.15) is 25.3 Å². The summed E-state index contributed by atoms with van der Waals surface area (Å²) in [4.78, 5) is 8.98. The van der Waals surface area contributed by atoms with E-state index in [1.165, 1.54) is 0 Å². The number of aromatic nitrogens is 2. The maximum absolute atomic E-state index is 5.63. The van der Waals surface area contributed by atoms with Crippen LogP contribution in [0.5, 0.6) is 0 Å². The minimum Gasteiger partial charge on any atom is -0.330 e. The predicted octanol–water partition coefficient (Wildman–Crippen LogP) is 2.83. The molecule has 4 heteroatoms. The number of hydrogen-bond acceptors (Lipinski definition) is 4. The Balaban J connectivity index is 2.28. The number of nitrogens with zero attached hydrogens (tertiary/aromatic N) is 2. The predicted molar refractivity (Wildman–Crippen MR) is 72.0 cm³/mol. The van der Waals surface area contributed by atoms with E-state index in [9.17, 15) is 0 Å². The van der Waals surface area contributed by atoms with Crippen LogP contribution in [0.2, 0.25) is 0 Å². The summed E-state index contributed by atoms with van der Waals surface area (Å²) in [6, 6.07) is 5.87. The smallest absolute Gasteiger partial charge is 0.0998 e. The zero-order chi connectivity index (χ0) is 12.3. The van der Waals surface area contributed by atoms with Crippen molar-refractivity contribution in [1.82, 2.24) is 9.97 Å². The minimum absolute atomic E-state index is 0.0481. The third kappa shape index (κ3) is 2.70. The van der Waals surface area contributed by atoms with Gasteiger partial charge in [0.2, 0.25) is 0 Å². The van der Waals surface area contributed by atoms with Gasteiger partial charge in [-0.15, -0.1) is 11.3 Å². The van der Waals surface area contributed by atoms with Crippen LogP contribution in [0.3, 0.4) is 0 Å². The van der Waals surface area contributed by atoms with Gasteiger partial charge in [-0.2, -0.15) is 0 Å². The molecule has 2 aromatic heterocycles. The number of hydrogen-bond donors (Lipinski definition) is 1. The number of thiazole rings is 1. The van der Waals surface area contributed by atoms with E-state index in [4.69, 9.17) is 5.73 Å². The van der Waals surface area contributed by atoms with Crippen LogP contribution in [0.4, 0.5) is 0 Å². The first kappa shape index (κ1) is 12.2. The van der Waals surface area contributed by atoms with Gasteiger partial charge in [-0.05, 0) is 25.1 Å². The second-order valence-electron chi connectivity index (χ2n) is 4.68. The third-order valence-electron chi connectivity index (χ3n) is 2.78. The summed E-state index contributed by atoms with van der Waals surface area (Å²) in [7, 11) is 0. The topological polar surface area (TPSA) is 51.8 Å². The first-order valence-corrected chi connectivity index (χ1v) is 6.59. The lowest BCUT2D eigenvalue weighted by Crippen LogP contribution is -2.21. The molecule has 0 aliphatic heterocycles. The molecule has 0 aliphatic carbocycles. The van der Waals surface area contributed by atoms with Gasteiger partial charge in [0.1, 0.15) is 0 Å². The lowest BCUT2D eigenvalue weighted by atomic mass is 9.90. The Bertz CT molecular complexity index is 476. The lowest BCUT2D eigenvalue weighted by Gasteiger charge is -2.20. The molecule has 3 nitrogen and oxygen atoms in total. The van der Waals surface area contributed by atoms with Crippen LogP contribution < -0.4 is 5.73 Å². The molecule has 2 aromatic rings. The molecule has 2 N–H and O–H groups in total. The molecule has 2 heterocycles. The van der Waals surface area contributed by atoms with Crippen LogP contribution in [0, 0.1) is 0 Å². The number of nitrogens with two attached hydrogens (primary N) is 1. The van der Waals surface area contributed by atoms with Crippen molar-refractivity contribution in [2.75, 3.05) is 6.54 Å². The fraction of sp³-hybridized carbons (Fsp3) is 0.385. The van der Waals surface area contributed by atoms with E-state index in [1.807, 2.05) is 18.2 Å². The zero-order valence-corrected chi connectivity index (χ0v) is 11.0. The Morgan fingerprint density at radius 1 is 1.29 bits per heavy atom. The summed E-state index contributed by atoms with van der Waals surface area (Å²) in [6.07, 6.45) is 2.74. The molecule has 0 amide bonds. The first-order chi connectivity index (χ1) is 8.13. The molecule has 0 unspecified atom stereocenters. The number of rotatable bonds is 4. The van der Waals surface area contributed by atoms with Crippen LogP contribution in [-0.2, 0) is 5.41 Å². The van der Waals surface area contributed by atoms with Crippen molar-refractivity contribution in [2.45, 2.75) is 25.7 Å². The summed E-state index contributed by atoms with van der Waals surface area (Å²) >= 11 is 1.68. The van der Waals surface area contributed by atoms with Gasteiger partial charge in [-0.3, -0.25) is 4.98 Å². The molecule has 0 aliphatic rings. The van der Waals surface area contributed by atoms with E-state index in [0.717, 1.165) is 22.8 Å². The highest BCUT2D eigenvalue weighted by Crippen LogP contribution is 2.31. The molecule has 0 radical (unpaired) electrons. The highest BCUT2D eigenvalue weighted by Gasteiger charge is 2.23. The average molecular weight is 247 g/mol. The molecule has 2 rings (SSSR count). The van der Waals surface area contributed by atoms with Crippen molar-refractivity contribution in [2.24, 2.45) is 5.73 Å². The van der Waals surface area contributed by atoms with Crippen molar-refractivity contribution < 1.29 is 0 Å². The van der Waals surface area contributed by atoms with Crippen molar-refractivity contribution in [3.05, 3.63) is 34.8 Å². The van der Waals surface area contributed by atoms with E-state index in [0.29, 0.717) is 6.54 Å². The second-order valence-corrected chi connectivity index (χ2v) is 5.53. The van der Waals surface area contributed by atoms with E-state index in [-0.39, 0.29) is 5.41 Å². The first-order valence-electron chi connectivity index (χ1n) is 5.71. The van der Waals surface area contributed by atoms with Crippen LogP contribution >= 0.6 is 11.3 Å². The summed E-state index contributed by atoms with van der Waals surface area (Å²) < 4.78 is 0. The average Bonchev–Trinajstić information content (AvgIpc) is 2.80. The van der Waals surface area contributed by atoms with E-state index in [2.05, 4.69) is 29.2 Å². The summed E-state index contributed by atoms with van der Waals surface area (Å²) in [6.45, 7) is 5.05. The molecule has 0 atom stereocenters. The second kappa shape index (κ2) is 4.94. The van der Waals surface area contributed by atoms with Crippen LogP contribution in [0.15, 0.2) is 29.8 Å². The maximum Gasteiger partial charge on any atom is 0.0998 e. The van der Waals surface area contributed by atoms with E-state index >= 15 is 0 Å². The fourth-order valence-electron chi connectivity index (χ4n) is 1.68. The van der Waals surface area contributed by atoms with Crippen LogP contribution in [0.25, 0.3) is 11.4 Å². The monoisotopic (exact) mass is 247 g/mol.